The van der Waals surface area contributed by atoms with Gasteiger partial charge >= 0.3 is 0 Å². The highest BCUT2D eigenvalue weighted by Crippen LogP contribution is 2.53. The molecule has 1 aliphatic rings. The Balaban J connectivity index is 1.21. The van der Waals surface area contributed by atoms with E-state index in [1.54, 1.807) is 0 Å². The van der Waals surface area contributed by atoms with Crippen molar-refractivity contribution in [3.05, 3.63) is 163 Å². The summed E-state index contributed by atoms with van der Waals surface area (Å²) in [7, 11) is 0. The number of para-hydroxylation sites is 3. The predicted octanol–water partition coefficient (Wildman–Crippen LogP) is 12.4. The van der Waals surface area contributed by atoms with E-state index in [0.717, 1.165) is 38.4 Å². The van der Waals surface area contributed by atoms with Crippen LogP contribution in [0.4, 0.5) is 0 Å². The van der Waals surface area contributed by atoms with E-state index in [4.69, 9.17) is 15.0 Å². The number of aromatic nitrogens is 5. The van der Waals surface area contributed by atoms with E-state index in [1.807, 2.05) is 11.3 Å². The lowest BCUT2D eigenvalue weighted by atomic mass is 9.81. The standard InChI is InChI=1S/C48H31N5S/c1-48(2)37-18-8-3-13-29(37)35-25-26-36-32-16-6-11-21-40(32)53(44(36)43(35)48)47-50-45(28-23-24-34-33-17-7-12-22-41(33)54-42(34)27-28)49-46(51-47)52-38-19-9-4-14-30(38)31-15-5-10-20-39(31)52/h3-27H,1-2H3. The van der Waals surface area contributed by atoms with Crippen molar-refractivity contribution < 1.29 is 0 Å². The van der Waals surface area contributed by atoms with Gasteiger partial charge in [0.05, 0.1) is 22.1 Å². The summed E-state index contributed by atoms with van der Waals surface area (Å²) in [5, 5.41) is 7.21. The molecule has 6 heteroatoms. The Morgan fingerprint density at radius 1 is 0.463 bits per heavy atom. The first kappa shape index (κ1) is 29.9. The molecule has 0 amide bonds. The quantitative estimate of drug-likeness (QED) is 0.183. The molecule has 11 aromatic rings. The van der Waals surface area contributed by atoms with Crippen molar-refractivity contribution in [3.8, 4) is 34.4 Å². The number of rotatable bonds is 3. The Morgan fingerprint density at radius 3 is 1.76 bits per heavy atom. The van der Waals surface area contributed by atoms with Crippen molar-refractivity contribution in [2.75, 3.05) is 0 Å². The molecule has 5 nitrogen and oxygen atoms in total. The normalized spacial score (nSPS) is 13.5. The Morgan fingerprint density at radius 2 is 1.02 bits per heavy atom. The average Bonchev–Trinajstić information content (AvgIpc) is 3.93. The van der Waals surface area contributed by atoms with Crippen LogP contribution in [0.25, 0.3) is 98.2 Å². The minimum absolute atomic E-state index is 0.241. The van der Waals surface area contributed by atoms with Crippen LogP contribution >= 0.6 is 11.3 Å². The lowest BCUT2D eigenvalue weighted by Crippen LogP contribution is -2.17. The molecule has 254 valence electrons. The second-order valence-corrected chi connectivity index (χ2v) is 15.9. The third-order valence-corrected chi connectivity index (χ3v) is 12.7. The lowest BCUT2D eigenvalue weighted by molar-refractivity contribution is 0.663. The van der Waals surface area contributed by atoms with Crippen molar-refractivity contribution in [3.63, 3.8) is 0 Å². The molecule has 54 heavy (non-hydrogen) atoms. The summed E-state index contributed by atoms with van der Waals surface area (Å²) >= 11 is 1.81. The third kappa shape index (κ3) is 3.95. The van der Waals surface area contributed by atoms with Gasteiger partial charge in [-0.25, -0.2) is 0 Å². The van der Waals surface area contributed by atoms with Crippen molar-refractivity contribution in [1.29, 1.82) is 0 Å². The van der Waals surface area contributed by atoms with Crippen molar-refractivity contribution in [1.82, 2.24) is 24.1 Å². The summed E-state index contributed by atoms with van der Waals surface area (Å²) in [6.45, 7) is 4.70. The van der Waals surface area contributed by atoms with Crippen LogP contribution in [0.15, 0.2) is 152 Å². The largest absolute Gasteiger partial charge is 0.278 e. The zero-order chi connectivity index (χ0) is 35.7. The minimum Gasteiger partial charge on any atom is -0.278 e. The molecule has 7 aromatic carbocycles. The molecule has 0 radical (unpaired) electrons. The van der Waals surface area contributed by atoms with E-state index in [2.05, 4.69) is 175 Å². The SMILES string of the molecule is CC1(C)c2ccccc2-c2ccc3c4ccccc4n(-c4nc(-c5ccc6c(c5)sc5ccccc56)nc(-n5c6ccccc6c6ccccc65)n4)c3c21. The van der Waals surface area contributed by atoms with E-state index >= 15 is 0 Å². The molecule has 0 unspecified atom stereocenters. The number of thiophene rings is 1. The highest BCUT2D eigenvalue weighted by atomic mass is 32.1. The van der Waals surface area contributed by atoms with Crippen LogP contribution in [0, 0.1) is 0 Å². The molecule has 4 aromatic heterocycles. The summed E-state index contributed by atoms with van der Waals surface area (Å²) in [4.78, 5) is 16.2. The van der Waals surface area contributed by atoms with Gasteiger partial charge in [-0.1, -0.05) is 135 Å². The van der Waals surface area contributed by atoms with Crippen LogP contribution in [0.2, 0.25) is 0 Å². The maximum Gasteiger partial charge on any atom is 0.240 e. The predicted molar refractivity (Wildman–Crippen MR) is 224 cm³/mol. The molecule has 12 rings (SSSR count). The number of hydrogen-bond donors (Lipinski definition) is 0. The van der Waals surface area contributed by atoms with Crippen LogP contribution in [0.5, 0.6) is 0 Å². The first-order valence-corrected chi connectivity index (χ1v) is 19.2. The summed E-state index contributed by atoms with van der Waals surface area (Å²) in [5.74, 6) is 1.82. The van der Waals surface area contributed by atoms with E-state index in [0.29, 0.717) is 17.7 Å². The lowest BCUT2D eigenvalue weighted by Gasteiger charge is -2.23. The van der Waals surface area contributed by atoms with Crippen LogP contribution in [0.3, 0.4) is 0 Å². The molecule has 0 saturated carbocycles. The van der Waals surface area contributed by atoms with Crippen LogP contribution in [0.1, 0.15) is 25.0 Å². The van der Waals surface area contributed by atoms with Crippen molar-refractivity contribution in [2.24, 2.45) is 0 Å². The molecule has 0 spiro atoms. The molecule has 1 aliphatic carbocycles. The third-order valence-electron chi connectivity index (χ3n) is 11.6. The van der Waals surface area contributed by atoms with E-state index in [-0.39, 0.29) is 5.41 Å². The van der Waals surface area contributed by atoms with Gasteiger partial charge in [0.2, 0.25) is 11.9 Å². The van der Waals surface area contributed by atoms with E-state index < -0.39 is 0 Å². The Hall–Kier alpha value is -6.63. The van der Waals surface area contributed by atoms with Gasteiger partial charge in [-0.05, 0) is 52.6 Å². The molecule has 0 N–H and O–H groups in total. The Labute approximate surface area is 314 Å². The van der Waals surface area contributed by atoms with Gasteiger partial charge in [0, 0.05) is 52.7 Å². The molecule has 0 saturated heterocycles. The van der Waals surface area contributed by atoms with Crippen molar-refractivity contribution >= 4 is 75.1 Å². The number of benzene rings is 7. The fraction of sp³-hybridized carbons (Fsp3) is 0.0625. The average molecular weight is 710 g/mol. The van der Waals surface area contributed by atoms with Gasteiger partial charge < -0.3 is 0 Å². The molecule has 0 bridgehead atoms. The molecular formula is C48H31N5S. The van der Waals surface area contributed by atoms with E-state index in [1.165, 1.54) is 53.2 Å². The molecule has 4 heterocycles. The highest BCUT2D eigenvalue weighted by molar-refractivity contribution is 7.25. The zero-order valence-corrected chi connectivity index (χ0v) is 30.4. The van der Waals surface area contributed by atoms with Gasteiger partial charge in [-0.2, -0.15) is 15.0 Å². The molecule has 0 fully saturated rings. The fourth-order valence-corrected chi connectivity index (χ4v) is 10.4. The monoisotopic (exact) mass is 709 g/mol. The first-order chi connectivity index (χ1) is 26.5. The smallest absolute Gasteiger partial charge is 0.240 e. The number of fused-ring (bicyclic) bond motifs is 13. The van der Waals surface area contributed by atoms with Gasteiger partial charge in [-0.3, -0.25) is 9.13 Å². The second kappa shape index (κ2) is 10.7. The van der Waals surface area contributed by atoms with Crippen LogP contribution < -0.4 is 0 Å². The van der Waals surface area contributed by atoms with Gasteiger partial charge in [0.15, 0.2) is 5.82 Å². The number of hydrogen-bond acceptors (Lipinski definition) is 4. The van der Waals surface area contributed by atoms with Crippen molar-refractivity contribution in [2.45, 2.75) is 19.3 Å². The zero-order valence-electron chi connectivity index (χ0n) is 29.6. The van der Waals surface area contributed by atoms with E-state index in [9.17, 15) is 0 Å². The maximum absolute atomic E-state index is 5.47. The summed E-state index contributed by atoms with van der Waals surface area (Å²) in [6, 6.07) is 54.4. The molecule has 0 aliphatic heterocycles. The fourth-order valence-electron chi connectivity index (χ4n) is 9.21. The van der Waals surface area contributed by atoms with Gasteiger partial charge in [-0.15, -0.1) is 11.3 Å². The van der Waals surface area contributed by atoms with Gasteiger partial charge in [0.25, 0.3) is 0 Å². The van der Waals surface area contributed by atoms with Gasteiger partial charge in [0.1, 0.15) is 0 Å². The Bertz CT molecular complexity index is 3330. The maximum atomic E-state index is 5.47. The molecule has 0 atom stereocenters. The first-order valence-electron chi connectivity index (χ1n) is 18.4. The highest BCUT2D eigenvalue weighted by Gasteiger charge is 2.38. The minimum atomic E-state index is -0.241. The second-order valence-electron chi connectivity index (χ2n) is 14.8. The summed E-state index contributed by atoms with van der Waals surface area (Å²) < 4.78 is 6.99. The molecular weight excluding hydrogens is 679 g/mol. The topological polar surface area (TPSA) is 48.5 Å². The summed E-state index contributed by atoms with van der Waals surface area (Å²) in [6.07, 6.45) is 0. The number of nitrogens with zero attached hydrogens (tertiary/aromatic N) is 5. The summed E-state index contributed by atoms with van der Waals surface area (Å²) in [5.41, 5.74) is 10.2. The van der Waals surface area contributed by atoms with Crippen LogP contribution in [-0.2, 0) is 5.41 Å². The van der Waals surface area contributed by atoms with Crippen LogP contribution in [-0.4, -0.2) is 24.1 Å². The Kier molecular flexibility index (Phi) is 5.93.